The Kier molecular flexibility index (Phi) is 6.15. The third kappa shape index (κ3) is 4.68. The number of amides is 1. The first-order chi connectivity index (χ1) is 10.6. The van der Waals surface area contributed by atoms with Crippen LogP contribution >= 0.6 is 0 Å². The summed E-state index contributed by atoms with van der Waals surface area (Å²) in [6, 6.07) is 4.13. The third-order valence-electron chi connectivity index (χ3n) is 3.78. The minimum Gasteiger partial charge on any atom is -0.375 e. The second-order valence-electron chi connectivity index (χ2n) is 5.72. The van der Waals surface area contributed by atoms with E-state index in [1.165, 1.54) is 5.56 Å². The lowest BCUT2D eigenvalue weighted by atomic mass is 10.1. The molecule has 1 aliphatic heterocycles. The first-order valence-electron chi connectivity index (χ1n) is 7.60. The van der Waals surface area contributed by atoms with Crippen LogP contribution in [-0.4, -0.2) is 69.4 Å². The molecule has 2 rings (SSSR count). The van der Waals surface area contributed by atoms with Crippen LogP contribution in [0.1, 0.15) is 12.0 Å². The molecule has 0 spiro atoms. The van der Waals surface area contributed by atoms with Crippen molar-refractivity contribution in [3.63, 3.8) is 0 Å². The average molecular weight is 307 g/mol. The molecule has 1 atom stereocenters. The highest BCUT2D eigenvalue weighted by Gasteiger charge is 2.23. The summed E-state index contributed by atoms with van der Waals surface area (Å²) in [5.41, 5.74) is 1.24. The summed E-state index contributed by atoms with van der Waals surface area (Å²) in [5.74, 6) is 0.994. The van der Waals surface area contributed by atoms with E-state index in [2.05, 4.69) is 11.1 Å². The summed E-state index contributed by atoms with van der Waals surface area (Å²) in [5, 5.41) is 0. The van der Waals surface area contributed by atoms with E-state index < -0.39 is 0 Å². The van der Waals surface area contributed by atoms with Gasteiger partial charge in [0.1, 0.15) is 12.4 Å². The number of anilines is 1. The van der Waals surface area contributed by atoms with Gasteiger partial charge in [-0.25, -0.2) is 4.98 Å². The third-order valence-corrected chi connectivity index (χ3v) is 3.78. The van der Waals surface area contributed by atoms with Crippen molar-refractivity contribution in [1.29, 1.82) is 0 Å². The normalized spacial score (nSPS) is 18.3. The Morgan fingerprint density at radius 2 is 2.36 bits per heavy atom. The molecule has 1 aromatic rings. The average Bonchev–Trinajstić information content (AvgIpc) is 2.54. The van der Waals surface area contributed by atoms with Gasteiger partial charge in [0.05, 0.1) is 12.7 Å². The van der Waals surface area contributed by atoms with Gasteiger partial charge in [-0.2, -0.15) is 0 Å². The maximum Gasteiger partial charge on any atom is 0.248 e. The molecule has 1 aromatic heterocycles. The van der Waals surface area contributed by atoms with E-state index in [1.807, 2.05) is 36.2 Å². The van der Waals surface area contributed by atoms with Crippen LogP contribution in [0.5, 0.6) is 0 Å². The van der Waals surface area contributed by atoms with Crippen molar-refractivity contribution in [3.8, 4) is 0 Å². The summed E-state index contributed by atoms with van der Waals surface area (Å²) >= 11 is 0. The van der Waals surface area contributed by atoms with Crippen molar-refractivity contribution >= 4 is 11.7 Å². The maximum absolute atomic E-state index is 11.9. The molecule has 0 radical (unpaired) electrons. The van der Waals surface area contributed by atoms with Gasteiger partial charge in [-0.05, 0) is 30.5 Å². The van der Waals surface area contributed by atoms with Crippen LogP contribution in [0.4, 0.5) is 5.82 Å². The van der Waals surface area contributed by atoms with E-state index in [0.29, 0.717) is 19.7 Å². The molecule has 122 valence electrons. The molecule has 0 aromatic carbocycles. The van der Waals surface area contributed by atoms with E-state index in [9.17, 15) is 4.79 Å². The summed E-state index contributed by atoms with van der Waals surface area (Å²) in [6.45, 7) is 2.04. The molecule has 2 heterocycles. The van der Waals surface area contributed by atoms with Crippen molar-refractivity contribution < 1.29 is 14.3 Å². The predicted molar refractivity (Wildman–Crippen MR) is 85.1 cm³/mol. The van der Waals surface area contributed by atoms with Gasteiger partial charge in [-0.15, -0.1) is 0 Å². The number of methoxy groups -OCH3 is 1. The van der Waals surface area contributed by atoms with Gasteiger partial charge in [0.25, 0.3) is 0 Å². The second kappa shape index (κ2) is 8.10. The van der Waals surface area contributed by atoms with Crippen LogP contribution in [0.25, 0.3) is 0 Å². The highest BCUT2D eigenvalue weighted by Crippen LogP contribution is 2.15. The van der Waals surface area contributed by atoms with Crippen molar-refractivity contribution in [2.75, 3.05) is 52.4 Å². The largest absolute Gasteiger partial charge is 0.375 e. The SMILES string of the molecule is COCC(=O)N1CCO[C@@H](CCc2ccnc(N(C)C)c2)C1. The number of hydrogen-bond donors (Lipinski definition) is 0. The van der Waals surface area contributed by atoms with E-state index in [1.54, 1.807) is 7.11 Å². The number of nitrogens with zero attached hydrogens (tertiary/aromatic N) is 3. The van der Waals surface area contributed by atoms with Gasteiger partial charge < -0.3 is 19.3 Å². The fourth-order valence-corrected chi connectivity index (χ4v) is 2.52. The summed E-state index contributed by atoms with van der Waals surface area (Å²) in [4.78, 5) is 20.0. The molecular weight excluding hydrogens is 282 g/mol. The van der Waals surface area contributed by atoms with Gasteiger partial charge in [0.15, 0.2) is 0 Å². The summed E-state index contributed by atoms with van der Waals surface area (Å²) in [7, 11) is 5.51. The number of pyridine rings is 1. The minimum atomic E-state index is 0.0367. The smallest absolute Gasteiger partial charge is 0.248 e. The topological polar surface area (TPSA) is 54.9 Å². The highest BCUT2D eigenvalue weighted by molar-refractivity contribution is 5.77. The lowest BCUT2D eigenvalue weighted by molar-refractivity contribution is -0.142. The molecular formula is C16H25N3O3. The molecule has 1 saturated heterocycles. The Morgan fingerprint density at radius 3 is 3.09 bits per heavy atom. The van der Waals surface area contributed by atoms with E-state index in [0.717, 1.165) is 18.7 Å². The van der Waals surface area contributed by atoms with Crippen molar-refractivity contribution in [2.24, 2.45) is 0 Å². The van der Waals surface area contributed by atoms with E-state index in [4.69, 9.17) is 9.47 Å². The predicted octanol–water partition coefficient (Wildman–Crippen LogP) is 0.954. The van der Waals surface area contributed by atoms with Gasteiger partial charge in [-0.1, -0.05) is 0 Å². The molecule has 0 bridgehead atoms. The molecule has 0 aliphatic carbocycles. The molecule has 6 nitrogen and oxygen atoms in total. The van der Waals surface area contributed by atoms with Crippen LogP contribution in [0.3, 0.4) is 0 Å². The van der Waals surface area contributed by atoms with Crippen LogP contribution in [0, 0.1) is 0 Å². The second-order valence-corrected chi connectivity index (χ2v) is 5.72. The van der Waals surface area contributed by atoms with Crippen molar-refractivity contribution in [3.05, 3.63) is 23.9 Å². The lowest BCUT2D eigenvalue weighted by Crippen LogP contribution is -2.47. The number of morpholine rings is 1. The van der Waals surface area contributed by atoms with Crippen LogP contribution < -0.4 is 4.90 Å². The molecule has 0 unspecified atom stereocenters. The summed E-state index contributed by atoms with van der Waals surface area (Å²) in [6.07, 6.45) is 3.74. The first kappa shape index (κ1) is 16.7. The zero-order valence-electron chi connectivity index (χ0n) is 13.6. The van der Waals surface area contributed by atoms with Crippen molar-refractivity contribution in [1.82, 2.24) is 9.88 Å². The monoisotopic (exact) mass is 307 g/mol. The summed E-state index contributed by atoms with van der Waals surface area (Å²) < 4.78 is 10.7. The van der Waals surface area contributed by atoms with Gasteiger partial charge >= 0.3 is 0 Å². The zero-order chi connectivity index (χ0) is 15.9. The van der Waals surface area contributed by atoms with Gasteiger partial charge in [-0.3, -0.25) is 4.79 Å². The van der Waals surface area contributed by atoms with E-state index >= 15 is 0 Å². The lowest BCUT2D eigenvalue weighted by Gasteiger charge is -2.33. The maximum atomic E-state index is 11.9. The molecule has 1 aliphatic rings. The van der Waals surface area contributed by atoms with Gasteiger partial charge in [0.2, 0.25) is 5.91 Å². The Balaban J connectivity index is 1.86. The molecule has 1 fully saturated rings. The number of carbonyl (C=O) groups excluding carboxylic acids is 1. The molecule has 0 N–H and O–H groups in total. The Labute approximate surface area is 132 Å². The number of aromatic nitrogens is 1. The Bertz CT molecular complexity index is 493. The molecule has 0 saturated carbocycles. The highest BCUT2D eigenvalue weighted by atomic mass is 16.5. The van der Waals surface area contributed by atoms with E-state index in [-0.39, 0.29) is 18.6 Å². The number of carbonyl (C=O) groups is 1. The molecule has 1 amide bonds. The number of hydrogen-bond acceptors (Lipinski definition) is 5. The first-order valence-corrected chi connectivity index (χ1v) is 7.60. The fraction of sp³-hybridized carbons (Fsp3) is 0.625. The fourth-order valence-electron chi connectivity index (χ4n) is 2.52. The Morgan fingerprint density at radius 1 is 1.55 bits per heavy atom. The zero-order valence-corrected chi connectivity index (χ0v) is 13.6. The molecule has 22 heavy (non-hydrogen) atoms. The number of ether oxygens (including phenoxy) is 2. The van der Waals surface area contributed by atoms with Crippen LogP contribution in [0.2, 0.25) is 0 Å². The number of aryl methyl sites for hydroxylation is 1. The standard InChI is InChI=1S/C16H25N3O3/c1-18(2)15-10-13(6-7-17-15)4-5-14-11-19(8-9-22-14)16(20)12-21-3/h6-7,10,14H,4-5,8-9,11-12H2,1-3H3/t14-/m0/s1. The van der Waals surface area contributed by atoms with Crippen LogP contribution in [-0.2, 0) is 20.7 Å². The Hall–Kier alpha value is -1.66. The molecule has 6 heteroatoms. The van der Waals surface area contributed by atoms with Crippen LogP contribution in [0.15, 0.2) is 18.3 Å². The van der Waals surface area contributed by atoms with Gasteiger partial charge in [0, 0.05) is 40.5 Å². The quantitative estimate of drug-likeness (QED) is 0.783. The minimum absolute atomic E-state index is 0.0367. The van der Waals surface area contributed by atoms with Crippen molar-refractivity contribution in [2.45, 2.75) is 18.9 Å². The number of rotatable bonds is 6.